The number of aryl methyl sites for hydroxylation is 1. The molecule has 4 heteroatoms. The van der Waals surface area contributed by atoms with Gasteiger partial charge in [-0.25, -0.2) is 4.85 Å². The van der Waals surface area contributed by atoms with Crippen molar-refractivity contribution in [3.63, 3.8) is 0 Å². The summed E-state index contributed by atoms with van der Waals surface area (Å²) < 4.78 is 4.68. The molecular formula is C13H14N2O2. The molecule has 1 aliphatic heterocycles. The van der Waals surface area contributed by atoms with Crippen LogP contribution in [0.1, 0.15) is 12.0 Å². The van der Waals surface area contributed by atoms with Gasteiger partial charge >= 0.3 is 5.97 Å². The maximum absolute atomic E-state index is 11.3. The second-order valence-corrected chi connectivity index (χ2v) is 4.03. The summed E-state index contributed by atoms with van der Waals surface area (Å²) in [7, 11) is 1.39. The molecule has 1 aromatic rings. The van der Waals surface area contributed by atoms with Crippen LogP contribution in [-0.2, 0) is 16.0 Å². The quantitative estimate of drug-likeness (QED) is 0.576. The van der Waals surface area contributed by atoms with Crippen LogP contribution in [0.4, 0.5) is 11.4 Å². The Bertz CT molecular complexity index is 477. The number of rotatable bonds is 2. The molecule has 0 atom stereocenters. The fourth-order valence-electron chi connectivity index (χ4n) is 2.09. The number of hydrogen-bond donors (Lipinski definition) is 0. The largest absolute Gasteiger partial charge is 0.468 e. The standard InChI is InChI=1S/C13H14N2O2/c1-14-11-6-5-10-4-3-7-15(12(10)8-11)9-13(16)17-2/h5-6,8H,3-4,7,9H2,2H3. The summed E-state index contributed by atoms with van der Waals surface area (Å²) in [6.45, 7) is 8.11. The van der Waals surface area contributed by atoms with E-state index in [-0.39, 0.29) is 12.5 Å². The number of carbonyl (C=O) groups is 1. The van der Waals surface area contributed by atoms with E-state index in [1.807, 2.05) is 23.1 Å². The first-order valence-electron chi connectivity index (χ1n) is 5.56. The number of hydrogen-bond acceptors (Lipinski definition) is 3. The van der Waals surface area contributed by atoms with E-state index in [1.165, 1.54) is 12.7 Å². The van der Waals surface area contributed by atoms with Gasteiger partial charge in [0.2, 0.25) is 0 Å². The minimum absolute atomic E-state index is 0.244. The minimum atomic E-state index is -0.244. The molecule has 1 heterocycles. The summed E-state index contributed by atoms with van der Waals surface area (Å²) >= 11 is 0. The van der Waals surface area contributed by atoms with E-state index >= 15 is 0 Å². The number of carbonyl (C=O) groups excluding carboxylic acids is 1. The fraction of sp³-hybridized carbons (Fsp3) is 0.385. The van der Waals surface area contributed by atoms with Crippen LogP contribution < -0.4 is 4.90 Å². The van der Waals surface area contributed by atoms with E-state index in [0.29, 0.717) is 5.69 Å². The Kier molecular flexibility index (Phi) is 3.29. The first-order valence-corrected chi connectivity index (χ1v) is 5.56. The predicted molar refractivity (Wildman–Crippen MR) is 65.3 cm³/mol. The molecule has 1 aliphatic rings. The van der Waals surface area contributed by atoms with Gasteiger partial charge in [0, 0.05) is 12.2 Å². The van der Waals surface area contributed by atoms with E-state index in [9.17, 15) is 4.79 Å². The van der Waals surface area contributed by atoms with Crippen LogP contribution in [0.5, 0.6) is 0 Å². The zero-order valence-electron chi connectivity index (χ0n) is 9.77. The molecule has 0 bridgehead atoms. The van der Waals surface area contributed by atoms with Crippen LogP contribution in [0.15, 0.2) is 18.2 Å². The van der Waals surface area contributed by atoms with Crippen LogP contribution >= 0.6 is 0 Å². The third-order valence-electron chi connectivity index (χ3n) is 2.96. The molecule has 4 nitrogen and oxygen atoms in total. The molecule has 0 aromatic heterocycles. The second kappa shape index (κ2) is 4.88. The molecule has 2 rings (SSSR count). The lowest BCUT2D eigenvalue weighted by atomic mass is 10.0. The van der Waals surface area contributed by atoms with Gasteiger partial charge in [-0.3, -0.25) is 4.79 Å². The van der Waals surface area contributed by atoms with Crippen molar-refractivity contribution in [1.82, 2.24) is 0 Å². The zero-order valence-corrected chi connectivity index (χ0v) is 9.77. The van der Waals surface area contributed by atoms with Gasteiger partial charge in [-0.05, 0) is 24.5 Å². The van der Waals surface area contributed by atoms with Crippen molar-refractivity contribution in [2.75, 3.05) is 25.1 Å². The number of fused-ring (bicyclic) bond motifs is 1. The van der Waals surface area contributed by atoms with Gasteiger partial charge in [0.25, 0.3) is 0 Å². The Morgan fingerprint density at radius 2 is 2.41 bits per heavy atom. The van der Waals surface area contributed by atoms with Crippen LogP contribution in [-0.4, -0.2) is 26.2 Å². The summed E-state index contributed by atoms with van der Waals surface area (Å²) in [6.07, 6.45) is 2.03. The van der Waals surface area contributed by atoms with Gasteiger partial charge < -0.3 is 9.64 Å². The van der Waals surface area contributed by atoms with Crippen LogP contribution in [0.3, 0.4) is 0 Å². The Morgan fingerprint density at radius 3 is 3.12 bits per heavy atom. The number of anilines is 1. The molecule has 0 N–H and O–H groups in total. The van der Waals surface area contributed by atoms with Gasteiger partial charge in [-0.2, -0.15) is 0 Å². The highest BCUT2D eigenvalue weighted by molar-refractivity contribution is 5.77. The van der Waals surface area contributed by atoms with E-state index in [4.69, 9.17) is 6.57 Å². The number of methoxy groups -OCH3 is 1. The third-order valence-corrected chi connectivity index (χ3v) is 2.96. The summed E-state index contributed by atoms with van der Waals surface area (Å²) in [6, 6.07) is 5.66. The number of esters is 1. The van der Waals surface area contributed by atoms with E-state index in [1.54, 1.807) is 0 Å². The molecule has 0 unspecified atom stereocenters. The van der Waals surface area contributed by atoms with Gasteiger partial charge in [0.05, 0.1) is 13.7 Å². The second-order valence-electron chi connectivity index (χ2n) is 4.03. The highest BCUT2D eigenvalue weighted by Gasteiger charge is 2.19. The van der Waals surface area contributed by atoms with E-state index < -0.39 is 0 Å². The summed E-state index contributed by atoms with van der Waals surface area (Å²) in [5, 5.41) is 0. The number of benzene rings is 1. The normalized spacial score (nSPS) is 13.8. The van der Waals surface area contributed by atoms with E-state index in [0.717, 1.165) is 25.1 Å². The van der Waals surface area contributed by atoms with Gasteiger partial charge in [0.15, 0.2) is 5.69 Å². The molecule has 88 valence electrons. The highest BCUT2D eigenvalue weighted by Crippen LogP contribution is 2.30. The molecule has 0 saturated carbocycles. The first kappa shape index (κ1) is 11.5. The minimum Gasteiger partial charge on any atom is -0.468 e. The molecule has 17 heavy (non-hydrogen) atoms. The molecule has 0 spiro atoms. The molecule has 1 aromatic carbocycles. The van der Waals surface area contributed by atoms with Crippen molar-refractivity contribution >= 4 is 17.3 Å². The summed E-state index contributed by atoms with van der Waals surface area (Å²) in [4.78, 5) is 16.7. The molecular weight excluding hydrogens is 216 g/mol. The van der Waals surface area contributed by atoms with Gasteiger partial charge in [-0.15, -0.1) is 0 Å². The molecule has 0 radical (unpaired) electrons. The van der Waals surface area contributed by atoms with Crippen LogP contribution in [0.25, 0.3) is 4.85 Å². The lowest BCUT2D eigenvalue weighted by Gasteiger charge is -2.30. The fourth-order valence-corrected chi connectivity index (χ4v) is 2.09. The molecule has 0 saturated heterocycles. The Balaban J connectivity index is 2.29. The first-order chi connectivity index (χ1) is 8.24. The summed E-state index contributed by atoms with van der Waals surface area (Å²) in [5.74, 6) is -0.244. The van der Waals surface area contributed by atoms with Crippen molar-refractivity contribution < 1.29 is 9.53 Å². The topological polar surface area (TPSA) is 33.9 Å². The Morgan fingerprint density at radius 1 is 1.59 bits per heavy atom. The van der Waals surface area contributed by atoms with Crippen LogP contribution in [0, 0.1) is 6.57 Å². The lowest BCUT2D eigenvalue weighted by Crippen LogP contribution is -2.34. The zero-order chi connectivity index (χ0) is 12.3. The van der Waals surface area contributed by atoms with Crippen molar-refractivity contribution in [1.29, 1.82) is 0 Å². The summed E-state index contributed by atoms with van der Waals surface area (Å²) in [5.41, 5.74) is 2.81. The number of nitrogens with zero attached hydrogens (tertiary/aromatic N) is 2. The average molecular weight is 230 g/mol. The smallest absolute Gasteiger partial charge is 0.325 e. The number of ether oxygens (including phenoxy) is 1. The maximum Gasteiger partial charge on any atom is 0.325 e. The van der Waals surface area contributed by atoms with Gasteiger partial charge in [0.1, 0.15) is 6.54 Å². The van der Waals surface area contributed by atoms with Gasteiger partial charge in [-0.1, -0.05) is 12.1 Å². The monoisotopic (exact) mass is 230 g/mol. The van der Waals surface area contributed by atoms with E-state index in [2.05, 4.69) is 9.58 Å². The average Bonchev–Trinajstić information content (AvgIpc) is 2.38. The highest BCUT2D eigenvalue weighted by atomic mass is 16.5. The molecule has 0 fully saturated rings. The Hall–Kier alpha value is -2.02. The van der Waals surface area contributed by atoms with Crippen molar-refractivity contribution in [3.8, 4) is 0 Å². The third kappa shape index (κ3) is 2.39. The van der Waals surface area contributed by atoms with Crippen molar-refractivity contribution in [2.24, 2.45) is 0 Å². The molecule has 0 aliphatic carbocycles. The van der Waals surface area contributed by atoms with Crippen LogP contribution in [0.2, 0.25) is 0 Å². The van der Waals surface area contributed by atoms with Crippen molar-refractivity contribution in [3.05, 3.63) is 35.2 Å². The SMILES string of the molecule is [C-]#[N+]c1ccc2c(c1)N(CC(=O)OC)CCC2. The predicted octanol–water partition coefficient (Wildman–Crippen LogP) is 2.16. The Labute approximate surface area is 101 Å². The van der Waals surface area contributed by atoms with Crippen molar-refractivity contribution in [2.45, 2.75) is 12.8 Å². The molecule has 0 amide bonds. The maximum atomic E-state index is 11.3. The lowest BCUT2D eigenvalue weighted by molar-refractivity contribution is -0.138.